The van der Waals surface area contributed by atoms with E-state index in [9.17, 15) is 14.7 Å². The molecule has 2 rings (SSSR count). The van der Waals surface area contributed by atoms with Gasteiger partial charge in [-0.2, -0.15) is 0 Å². The van der Waals surface area contributed by atoms with Crippen LogP contribution in [0.1, 0.15) is 74.4 Å². The molecule has 0 saturated heterocycles. The molecule has 0 bridgehead atoms. The predicted molar refractivity (Wildman–Crippen MR) is 119 cm³/mol. The van der Waals surface area contributed by atoms with Gasteiger partial charge in [-0.1, -0.05) is 69.7 Å². The van der Waals surface area contributed by atoms with Crippen molar-refractivity contribution in [3.05, 3.63) is 69.8 Å². The zero-order valence-electron chi connectivity index (χ0n) is 18.8. The van der Waals surface area contributed by atoms with E-state index >= 15 is 0 Å². The summed E-state index contributed by atoms with van der Waals surface area (Å²) in [6.45, 7) is 14.1. The fraction of sp³-hybridized carbons (Fsp3) is 0.462. The summed E-state index contributed by atoms with van der Waals surface area (Å²) in [5.74, 6) is -0.343. The van der Waals surface area contributed by atoms with Gasteiger partial charge in [0.05, 0.1) is 0 Å². The Balaban J connectivity index is 2.75. The molecule has 0 saturated carbocycles. The van der Waals surface area contributed by atoms with Crippen molar-refractivity contribution < 1.29 is 14.7 Å². The third-order valence-electron chi connectivity index (χ3n) is 5.89. The van der Waals surface area contributed by atoms with Crippen LogP contribution < -0.4 is 0 Å². The average molecular weight is 395 g/mol. The summed E-state index contributed by atoms with van der Waals surface area (Å²) < 4.78 is 0. The van der Waals surface area contributed by atoms with Crippen LogP contribution in [-0.2, 0) is 26.8 Å². The van der Waals surface area contributed by atoms with Gasteiger partial charge >= 0.3 is 5.97 Å². The van der Waals surface area contributed by atoms with Crippen LogP contribution in [-0.4, -0.2) is 17.4 Å². The topological polar surface area (TPSA) is 54.4 Å². The lowest BCUT2D eigenvalue weighted by atomic mass is 9.67. The first kappa shape index (κ1) is 22.9. The normalized spacial score (nSPS) is 13.9. The number of hydrogen-bond acceptors (Lipinski definition) is 2. The van der Waals surface area contributed by atoms with Gasteiger partial charge < -0.3 is 9.90 Å². The van der Waals surface area contributed by atoms with Crippen LogP contribution in [0, 0.1) is 19.8 Å². The second-order valence-electron chi connectivity index (χ2n) is 9.48. The molecule has 1 atom stereocenters. The molecule has 0 aliphatic carbocycles. The van der Waals surface area contributed by atoms with Crippen molar-refractivity contribution >= 4 is 12.3 Å². The summed E-state index contributed by atoms with van der Waals surface area (Å²) in [6, 6.07) is 12.0. The van der Waals surface area contributed by atoms with Crippen LogP contribution in [0.5, 0.6) is 0 Å². The van der Waals surface area contributed by atoms with Crippen molar-refractivity contribution in [3.8, 4) is 0 Å². The maximum atomic E-state index is 12.7. The van der Waals surface area contributed by atoms with Crippen LogP contribution in [0.4, 0.5) is 0 Å². The van der Waals surface area contributed by atoms with Gasteiger partial charge in [0.2, 0.25) is 0 Å². The molecule has 0 unspecified atom stereocenters. The van der Waals surface area contributed by atoms with Crippen molar-refractivity contribution in [1.29, 1.82) is 0 Å². The standard InChI is InChI=1S/C26H34O3/c1-17(2)14-20-8-10-21(11-9-20)26(7,24(28)29)22-16-18(3)15-19(4)23(22)25(5,6)12-13-27/h8-11,13,15-17H,12,14H2,1-7H3,(H,28,29)/t26-/m0/s1. The molecule has 0 radical (unpaired) electrons. The molecule has 2 aromatic rings. The number of carboxylic acids is 1. The van der Waals surface area contributed by atoms with Gasteiger partial charge in [-0.15, -0.1) is 0 Å². The van der Waals surface area contributed by atoms with E-state index in [1.807, 2.05) is 58.0 Å². The predicted octanol–water partition coefficient (Wildman–Crippen LogP) is 5.76. The monoisotopic (exact) mass is 394 g/mol. The Morgan fingerprint density at radius 1 is 1.07 bits per heavy atom. The highest BCUT2D eigenvalue weighted by atomic mass is 16.4. The number of aldehydes is 1. The highest BCUT2D eigenvalue weighted by molar-refractivity contribution is 5.86. The molecule has 0 aliphatic heterocycles. The Morgan fingerprint density at radius 3 is 2.14 bits per heavy atom. The Kier molecular flexibility index (Phi) is 6.72. The molecule has 1 N–H and O–H groups in total. The van der Waals surface area contributed by atoms with Gasteiger partial charge in [0, 0.05) is 6.42 Å². The smallest absolute Gasteiger partial charge is 0.318 e. The fourth-order valence-electron chi connectivity index (χ4n) is 4.41. The molecular formula is C26H34O3. The van der Waals surface area contributed by atoms with E-state index in [4.69, 9.17) is 0 Å². The Labute approximate surface area is 175 Å². The molecule has 0 aliphatic rings. The fourth-order valence-corrected chi connectivity index (χ4v) is 4.41. The molecule has 0 amide bonds. The Bertz CT molecular complexity index is 891. The van der Waals surface area contributed by atoms with Crippen molar-refractivity contribution in [2.75, 3.05) is 0 Å². The van der Waals surface area contributed by atoms with Crippen LogP contribution in [0.2, 0.25) is 0 Å². The Hall–Kier alpha value is -2.42. The first-order valence-corrected chi connectivity index (χ1v) is 10.3. The van der Waals surface area contributed by atoms with Gasteiger partial charge in [0.15, 0.2) is 0 Å². The van der Waals surface area contributed by atoms with Gasteiger partial charge in [0.25, 0.3) is 0 Å². The molecule has 0 aromatic heterocycles. The van der Waals surface area contributed by atoms with E-state index < -0.39 is 16.8 Å². The van der Waals surface area contributed by atoms with Crippen molar-refractivity contribution in [2.24, 2.45) is 5.92 Å². The minimum Gasteiger partial charge on any atom is -0.480 e. The lowest BCUT2D eigenvalue weighted by molar-refractivity contribution is -0.141. The Morgan fingerprint density at radius 2 is 1.66 bits per heavy atom. The maximum Gasteiger partial charge on any atom is 0.318 e. The first-order valence-electron chi connectivity index (χ1n) is 10.3. The highest BCUT2D eigenvalue weighted by Crippen LogP contribution is 2.42. The van der Waals surface area contributed by atoms with Gasteiger partial charge in [-0.25, -0.2) is 0 Å². The van der Waals surface area contributed by atoms with E-state index in [2.05, 4.69) is 19.9 Å². The summed E-state index contributed by atoms with van der Waals surface area (Å²) in [4.78, 5) is 24.0. The van der Waals surface area contributed by atoms with Crippen molar-refractivity contribution in [3.63, 3.8) is 0 Å². The number of hydrogen-bond donors (Lipinski definition) is 1. The van der Waals surface area contributed by atoms with E-state index in [-0.39, 0.29) is 0 Å². The van der Waals surface area contributed by atoms with Crippen LogP contribution in [0.3, 0.4) is 0 Å². The second-order valence-corrected chi connectivity index (χ2v) is 9.48. The summed E-state index contributed by atoms with van der Waals surface area (Å²) >= 11 is 0. The zero-order valence-corrected chi connectivity index (χ0v) is 18.8. The average Bonchev–Trinajstić information content (AvgIpc) is 2.59. The molecule has 0 spiro atoms. The SMILES string of the molecule is Cc1cc(C)c(C(C)(C)CC=O)c([C@@](C)(C(=O)O)c2ccc(CC(C)C)cc2)c1. The molecule has 3 heteroatoms. The number of aryl methyl sites for hydroxylation is 2. The third-order valence-corrected chi connectivity index (χ3v) is 5.89. The number of carboxylic acid groups (broad SMARTS) is 1. The molecule has 0 fully saturated rings. The summed E-state index contributed by atoms with van der Waals surface area (Å²) in [5.41, 5.74) is 4.07. The number of aliphatic carboxylic acids is 1. The zero-order chi connectivity index (χ0) is 22.0. The third kappa shape index (κ3) is 4.60. The quantitative estimate of drug-likeness (QED) is 0.579. The van der Waals surface area contributed by atoms with Crippen molar-refractivity contribution in [2.45, 2.75) is 72.1 Å². The van der Waals surface area contributed by atoms with Gasteiger partial charge in [0.1, 0.15) is 11.7 Å². The lowest BCUT2D eigenvalue weighted by Crippen LogP contribution is -2.37. The summed E-state index contributed by atoms with van der Waals surface area (Å²) in [6.07, 6.45) is 2.22. The summed E-state index contributed by atoms with van der Waals surface area (Å²) in [5, 5.41) is 10.4. The van der Waals surface area contributed by atoms with E-state index in [1.165, 1.54) is 5.56 Å². The highest BCUT2D eigenvalue weighted by Gasteiger charge is 2.42. The van der Waals surface area contributed by atoms with E-state index in [1.54, 1.807) is 6.92 Å². The second kappa shape index (κ2) is 8.52. The number of rotatable bonds is 8. The minimum absolute atomic E-state index is 0.340. The molecular weight excluding hydrogens is 360 g/mol. The molecule has 29 heavy (non-hydrogen) atoms. The summed E-state index contributed by atoms with van der Waals surface area (Å²) in [7, 11) is 0. The van der Waals surface area contributed by atoms with Gasteiger partial charge in [-0.05, 0) is 66.3 Å². The number of carbonyl (C=O) groups is 2. The minimum atomic E-state index is -1.21. The first-order chi connectivity index (χ1) is 13.4. The maximum absolute atomic E-state index is 12.7. The van der Waals surface area contributed by atoms with Crippen LogP contribution in [0.25, 0.3) is 0 Å². The largest absolute Gasteiger partial charge is 0.480 e. The van der Waals surface area contributed by atoms with Crippen LogP contribution in [0.15, 0.2) is 36.4 Å². The van der Waals surface area contributed by atoms with E-state index in [0.29, 0.717) is 12.3 Å². The van der Waals surface area contributed by atoms with Crippen LogP contribution >= 0.6 is 0 Å². The van der Waals surface area contributed by atoms with Crippen molar-refractivity contribution in [1.82, 2.24) is 0 Å². The van der Waals surface area contributed by atoms with E-state index in [0.717, 1.165) is 40.5 Å². The molecule has 156 valence electrons. The number of carbonyl (C=O) groups excluding carboxylic acids is 1. The molecule has 0 heterocycles. The lowest BCUT2D eigenvalue weighted by Gasteiger charge is -2.35. The number of benzene rings is 2. The molecule has 3 nitrogen and oxygen atoms in total. The molecule has 2 aromatic carbocycles. The van der Waals surface area contributed by atoms with Gasteiger partial charge in [-0.3, -0.25) is 4.79 Å².